The number of urea groups is 1. The van der Waals surface area contributed by atoms with Crippen molar-refractivity contribution in [2.45, 2.75) is 19.9 Å². The highest BCUT2D eigenvalue weighted by atomic mass is 16.5. The molecule has 1 atom stereocenters. The van der Waals surface area contributed by atoms with Gasteiger partial charge in [-0.2, -0.15) is 0 Å². The van der Waals surface area contributed by atoms with E-state index < -0.39 is 12.0 Å². The number of hydrogen-bond acceptors (Lipinski definition) is 7. The maximum atomic E-state index is 13.1. The SMILES string of the molecule is CCOC(=O)C1=C(CN2CCOCC2)N(CC)C(=O)N[C@@H]1c1ccc(OC)c(OC)c1. The molecule has 3 rings (SSSR count). The highest BCUT2D eigenvalue weighted by molar-refractivity contribution is 5.95. The first-order valence-electron chi connectivity index (χ1n) is 10.5. The highest BCUT2D eigenvalue weighted by Gasteiger charge is 2.38. The van der Waals surface area contributed by atoms with Gasteiger partial charge in [-0.25, -0.2) is 9.59 Å². The van der Waals surface area contributed by atoms with E-state index in [9.17, 15) is 9.59 Å². The van der Waals surface area contributed by atoms with E-state index >= 15 is 0 Å². The Morgan fingerprint density at radius 2 is 1.87 bits per heavy atom. The third-order valence-corrected chi connectivity index (χ3v) is 5.47. The second kappa shape index (κ2) is 10.5. The summed E-state index contributed by atoms with van der Waals surface area (Å²) in [6.07, 6.45) is 0. The zero-order valence-corrected chi connectivity index (χ0v) is 18.6. The van der Waals surface area contributed by atoms with Crippen molar-refractivity contribution in [3.8, 4) is 11.5 Å². The summed E-state index contributed by atoms with van der Waals surface area (Å²) >= 11 is 0. The molecule has 1 N–H and O–H groups in total. The monoisotopic (exact) mass is 433 g/mol. The number of morpholine rings is 1. The van der Waals surface area contributed by atoms with Crippen molar-refractivity contribution in [3.05, 3.63) is 35.0 Å². The number of nitrogens with one attached hydrogen (secondary N) is 1. The molecule has 31 heavy (non-hydrogen) atoms. The van der Waals surface area contributed by atoms with Crippen LogP contribution in [0.5, 0.6) is 11.5 Å². The molecular weight excluding hydrogens is 402 g/mol. The van der Waals surface area contributed by atoms with Crippen LogP contribution in [0.3, 0.4) is 0 Å². The molecule has 0 radical (unpaired) electrons. The Bertz CT molecular complexity index is 835. The quantitative estimate of drug-likeness (QED) is 0.627. The van der Waals surface area contributed by atoms with Crippen LogP contribution in [-0.4, -0.2) is 82.0 Å². The number of carbonyl (C=O) groups is 2. The maximum Gasteiger partial charge on any atom is 0.338 e. The lowest BCUT2D eigenvalue weighted by Gasteiger charge is -2.38. The van der Waals surface area contributed by atoms with Gasteiger partial charge < -0.3 is 24.3 Å². The van der Waals surface area contributed by atoms with Crippen molar-refractivity contribution in [2.24, 2.45) is 0 Å². The van der Waals surface area contributed by atoms with Gasteiger partial charge >= 0.3 is 12.0 Å². The molecule has 0 aliphatic carbocycles. The molecule has 2 aliphatic heterocycles. The van der Waals surface area contributed by atoms with E-state index in [2.05, 4.69) is 10.2 Å². The molecule has 170 valence electrons. The minimum Gasteiger partial charge on any atom is -0.493 e. The smallest absolute Gasteiger partial charge is 0.338 e. The zero-order chi connectivity index (χ0) is 22.4. The Hall–Kier alpha value is -2.78. The molecule has 0 spiro atoms. The number of amides is 2. The van der Waals surface area contributed by atoms with Gasteiger partial charge in [0.25, 0.3) is 0 Å². The number of nitrogens with zero attached hydrogens (tertiary/aromatic N) is 2. The summed E-state index contributed by atoms with van der Waals surface area (Å²) in [7, 11) is 3.11. The Balaban J connectivity index is 2.10. The predicted octanol–water partition coefficient (Wildman–Crippen LogP) is 1.94. The van der Waals surface area contributed by atoms with Gasteiger partial charge in [0.05, 0.1) is 45.7 Å². The first-order chi connectivity index (χ1) is 15.0. The largest absolute Gasteiger partial charge is 0.493 e. The number of ether oxygens (including phenoxy) is 4. The fourth-order valence-electron chi connectivity index (χ4n) is 3.91. The van der Waals surface area contributed by atoms with Crippen LogP contribution in [0.1, 0.15) is 25.5 Å². The molecule has 0 aromatic heterocycles. The molecule has 0 unspecified atom stereocenters. The molecule has 0 bridgehead atoms. The summed E-state index contributed by atoms with van der Waals surface area (Å²) in [6, 6.07) is 4.44. The molecule has 1 aromatic carbocycles. The number of esters is 1. The average molecular weight is 434 g/mol. The summed E-state index contributed by atoms with van der Waals surface area (Å²) in [5, 5.41) is 2.97. The van der Waals surface area contributed by atoms with Crippen molar-refractivity contribution in [1.82, 2.24) is 15.1 Å². The molecular formula is C22H31N3O6. The van der Waals surface area contributed by atoms with E-state index in [0.29, 0.717) is 54.6 Å². The number of methoxy groups -OCH3 is 2. The summed E-state index contributed by atoms with van der Waals surface area (Å²) < 4.78 is 21.6. The first kappa shape index (κ1) is 22.9. The lowest BCUT2D eigenvalue weighted by molar-refractivity contribution is -0.139. The van der Waals surface area contributed by atoms with Gasteiger partial charge in [-0.15, -0.1) is 0 Å². The topological polar surface area (TPSA) is 89.6 Å². The highest BCUT2D eigenvalue weighted by Crippen LogP contribution is 2.36. The van der Waals surface area contributed by atoms with E-state index in [-0.39, 0.29) is 12.6 Å². The van der Waals surface area contributed by atoms with E-state index in [4.69, 9.17) is 18.9 Å². The van der Waals surface area contributed by atoms with E-state index in [1.165, 1.54) is 0 Å². The molecule has 0 saturated carbocycles. The summed E-state index contributed by atoms with van der Waals surface area (Å²) in [6.45, 7) is 7.52. The van der Waals surface area contributed by atoms with Crippen LogP contribution in [0.2, 0.25) is 0 Å². The van der Waals surface area contributed by atoms with Gasteiger partial charge in [-0.3, -0.25) is 9.80 Å². The number of likely N-dealkylation sites (N-methyl/N-ethyl adjacent to an activating group) is 1. The minimum atomic E-state index is -0.662. The van der Waals surface area contributed by atoms with Crippen LogP contribution in [0, 0.1) is 0 Å². The van der Waals surface area contributed by atoms with Gasteiger partial charge in [-0.05, 0) is 31.5 Å². The van der Waals surface area contributed by atoms with Gasteiger partial charge in [0.2, 0.25) is 0 Å². The normalized spacial score (nSPS) is 19.8. The number of hydrogen-bond donors (Lipinski definition) is 1. The standard InChI is InChI=1S/C22H31N3O6/c1-5-25-16(14-24-9-11-30-12-10-24)19(21(26)31-6-2)20(23-22(25)27)15-7-8-17(28-3)18(13-15)29-4/h7-8,13,20H,5-6,9-12,14H2,1-4H3,(H,23,27)/t20-/m1/s1. The van der Waals surface area contributed by atoms with Crippen LogP contribution >= 0.6 is 0 Å². The summed E-state index contributed by atoms with van der Waals surface area (Å²) in [5.74, 6) is 0.646. The maximum absolute atomic E-state index is 13.1. The van der Waals surface area contributed by atoms with Crippen LogP contribution in [-0.2, 0) is 14.3 Å². The lowest BCUT2D eigenvalue weighted by Crippen LogP contribution is -2.51. The van der Waals surface area contributed by atoms with Crippen LogP contribution in [0.15, 0.2) is 29.5 Å². The zero-order valence-electron chi connectivity index (χ0n) is 18.6. The minimum absolute atomic E-state index is 0.242. The molecule has 2 amide bonds. The molecule has 1 saturated heterocycles. The second-order valence-corrected chi connectivity index (χ2v) is 7.21. The summed E-state index contributed by atoms with van der Waals surface area (Å²) in [5.41, 5.74) is 1.80. The van der Waals surface area contributed by atoms with E-state index in [1.54, 1.807) is 38.2 Å². The predicted molar refractivity (Wildman–Crippen MR) is 114 cm³/mol. The fourth-order valence-corrected chi connectivity index (χ4v) is 3.91. The van der Waals surface area contributed by atoms with Crippen LogP contribution < -0.4 is 14.8 Å². The van der Waals surface area contributed by atoms with Crippen molar-refractivity contribution >= 4 is 12.0 Å². The molecule has 9 nitrogen and oxygen atoms in total. The van der Waals surface area contributed by atoms with Crippen molar-refractivity contribution in [3.63, 3.8) is 0 Å². The van der Waals surface area contributed by atoms with Gasteiger partial charge in [-0.1, -0.05) is 6.07 Å². The fraction of sp³-hybridized carbons (Fsp3) is 0.545. The second-order valence-electron chi connectivity index (χ2n) is 7.21. The third-order valence-electron chi connectivity index (χ3n) is 5.47. The van der Waals surface area contributed by atoms with Gasteiger partial charge in [0.15, 0.2) is 11.5 Å². The van der Waals surface area contributed by atoms with E-state index in [0.717, 1.165) is 13.1 Å². The van der Waals surface area contributed by atoms with Crippen molar-refractivity contribution in [1.29, 1.82) is 0 Å². The molecule has 2 aliphatic rings. The Morgan fingerprint density at radius 1 is 1.16 bits per heavy atom. The van der Waals surface area contributed by atoms with Crippen LogP contribution in [0.25, 0.3) is 0 Å². The number of carbonyl (C=O) groups excluding carboxylic acids is 2. The Kier molecular flexibility index (Phi) is 7.75. The molecule has 9 heteroatoms. The van der Waals surface area contributed by atoms with Gasteiger partial charge in [0.1, 0.15) is 0 Å². The van der Waals surface area contributed by atoms with Crippen molar-refractivity contribution in [2.75, 3.05) is 60.2 Å². The average Bonchev–Trinajstić information content (AvgIpc) is 2.79. The summed E-state index contributed by atoms with van der Waals surface area (Å²) in [4.78, 5) is 29.9. The van der Waals surface area contributed by atoms with Crippen LogP contribution in [0.4, 0.5) is 4.79 Å². The first-order valence-corrected chi connectivity index (χ1v) is 10.5. The number of rotatable bonds is 8. The van der Waals surface area contributed by atoms with Gasteiger partial charge in [0, 0.05) is 31.9 Å². The third kappa shape index (κ3) is 4.94. The Morgan fingerprint density at radius 3 is 2.48 bits per heavy atom. The number of benzene rings is 1. The van der Waals surface area contributed by atoms with Crippen molar-refractivity contribution < 1.29 is 28.5 Å². The molecule has 1 fully saturated rings. The molecule has 2 heterocycles. The Labute approximate surface area is 182 Å². The lowest BCUT2D eigenvalue weighted by atomic mass is 9.93. The molecule has 1 aromatic rings. The van der Waals surface area contributed by atoms with E-state index in [1.807, 2.05) is 13.0 Å².